The Hall–Kier alpha value is -1.88. The van der Waals surface area contributed by atoms with E-state index in [1.165, 1.54) is 25.9 Å². The van der Waals surface area contributed by atoms with Gasteiger partial charge in [0.05, 0.1) is 5.52 Å². The van der Waals surface area contributed by atoms with E-state index in [1.807, 2.05) is 25.1 Å². The molecule has 2 aromatic rings. The number of aryl methyl sites for hydroxylation is 1. The van der Waals surface area contributed by atoms with Crippen molar-refractivity contribution in [1.29, 1.82) is 0 Å². The van der Waals surface area contributed by atoms with Crippen LogP contribution in [0.4, 0.5) is 0 Å². The van der Waals surface area contributed by atoms with Crippen LogP contribution in [0.2, 0.25) is 0 Å². The number of carbonyl (C=O) groups is 1. The predicted molar refractivity (Wildman–Crippen MR) is 81.2 cm³/mol. The van der Waals surface area contributed by atoms with Gasteiger partial charge in [-0.2, -0.15) is 5.10 Å². The quantitative estimate of drug-likeness (QED) is 0.882. The molecule has 5 nitrogen and oxygen atoms in total. The third kappa shape index (κ3) is 2.21. The largest absolute Gasteiger partial charge is 0.346 e. The smallest absolute Gasteiger partial charge is 0.272 e. The summed E-state index contributed by atoms with van der Waals surface area (Å²) in [6, 6.07) is 6.29. The van der Waals surface area contributed by atoms with E-state index in [0.29, 0.717) is 11.6 Å². The molecule has 0 spiro atoms. The molecule has 2 N–H and O–H groups in total. The monoisotopic (exact) mass is 284 g/mol. The highest BCUT2D eigenvalue weighted by Crippen LogP contribution is 2.28. The van der Waals surface area contributed by atoms with Gasteiger partial charge in [0.15, 0.2) is 5.69 Å². The molecule has 21 heavy (non-hydrogen) atoms. The van der Waals surface area contributed by atoms with Gasteiger partial charge < -0.3 is 10.2 Å². The zero-order valence-corrected chi connectivity index (χ0v) is 12.2. The van der Waals surface area contributed by atoms with Crippen molar-refractivity contribution in [2.24, 2.45) is 5.92 Å². The lowest BCUT2D eigenvalue weighted by molar-refractivity contribution is 0.0618. The summed E-state index contributed by atoms with van der Waals surface area (Å²) in [4.78, 5) is 15.0. The van der Waals surface area contributed by atoms with E-state index < -0.39 is 0 Å². The Labute approximate surface area is 123 Å². The van der Waals surface area contributed by atoms with Crippen molar-refractivity contribution in [3.63, 3.8) is 0 Å². The van der Waals surface area contributed by atoms with Gasteiger partial charge in [-0.15, -0.1) is 0 Å². The van der Waals surface area contributed by atoms with E-state index in [-0.39, 0.29) is 11.9 Å². The Morgan fingerprint density at radius 2 is 2.19 bits per heavy atom. The van der Waals surface area contributed by atoms with E-state index in [1.54, 1.807) is 0 Å². The van der Waals surface area contributed by atoms with Gasteiger partial charge in [-0.1, -0.05) is 12.1 Å². The van der Waals surface area contributed by atoms with Crippen LogP contribution in [0, 0.1) is 12.8 Å². The summed E-state index contributed by atoms with van der Waals surface area (Å²) in [5.74, 6) is 0.579. The summed E-state index contributed by atoms with van der Waals surface area (Å²) in [7, 11) is 0. The summed E-state index contributed by atoms with van der Waals surface area (Å²) >= 11 is 0. The van der Waals surface area contributed by atoms with Crippen LogP contribution in [0.15, 0.2) is 18.2 Å². The number of hydrogen-bond acceptors (Lipinski definition) is 3. The lowest BCUT2D eigenvalue weighted by Gasteiger charge is -2.44. The number of piperidine rings is 3. The molecular weight excluding hydrogens is 264 g/mol. The van der Waals surface area contributed by atoms with Gasteiger partial charge in [0.25, 0.3) is 5.91 Å². The molecule has 3 fully saturated rings. The normalized spacial score (nSPS) is 28.0. The van der Waals surface area contributed by atoms with Crippen molar-refractivity contribution in [2.75, 3.05) is 19.6 Å². The molecule has 0 saturated carbocycles. The molecule has 1 amide bonds. The molecule has 0 unspecified atom stereocenters. The first kappa shape index (κ1) is 12.8. The average Bonchev–Trinajstić information content (AvgIpc) is 2.91. The Bertz CT molecular complexity index is 685. The number of nitrogens with one attached hydrogen (secondary N) is 2. The number of aromatic amines is 1. The number of H-pyrrole nitrogens is 1. The van der Waals surface area contributed by atoms with Gasteiger partial charge in [-0.05, 0) is 50.4 Å². The molecule has 3 saturated heterocycles. The van der Waals surface area contributed by atoms with Gasteiger partial charge in [0, 0.05) is 18.0 Å². The Morgan fingerprint density at radius 1 is 1.38 bits per heavy atom. The molecule has 5 heteroatoms. The van der Waals surface area contributed by atoms with Crippen LogP contribution < -0.4 is 5.32 Å². The Balaban J connectivity index is 1.56. The summed E-state index contributed by atoms with van der Waals surface area (Å²) in [5.41, 5.74) is 2.60. The highest BCUT2D eigenvalue weighted by atomic mass is 16.2. The summed E-state index contributed by atoms with van der Waals surface area (Å²) in [5, 5.41) is 11.3. The maximum absolute atomic E-state index is 12.5. The minimum atomic E-state index is -0.0520. The standard InChI is InChI=1S/C16H20N4O/c1-10-2-3-12-13(8-10)18-19-15(12)16(21)17-14-9-20-6-4-11(14)5-7-20/h2-3,8,11,14H,4-7,9H2,1H3,(H,17,21)(H,18,19)/t14-/m1/s1. The van der Waals surface area contributed by atoms with E-state index in [0.717, 1.165) is 23.0 Å². The molecule has 3 aliphatic rings. The van der Waals surface area contributed by atoms with Crippen LogP contribution in [-0.2, 0) is 0 Å². The number of benzene rings is 1. The van der Waals surface area contributed by atoms with Crippen molar-refractivity contribution in [3.8, 4) is 0 Å². The molecule has 4 heterocycles. The first-order valence-electron chi connectivity index (χ1n) is 7.68. The summed E-state index contributed by atoms with van der Waals surface area (Å²) < 4.78 is 0. The van der Waals surface area contributed by atoms with Gasteiger partial charge in [-0.3, -0.25) is 9.89 Å². The fraction of sp³-hybridized carbons (Fsp3) is 0.500. The Kier molecular flexibility index (Phi) is 2.96. The number of nitrogens with zero attached hydrogens (tertiary/aromatic N) is 2. The molecule has 0 radical (unpaired) electrons. The molecule has 1 atom stereocenters. The second-order valence-electron chi connectivity index (χ2n) is 6.34. The number of hydrogen-bond donors (Lipinski definition) is 2. The lowest BCUT2D eigenvalue weighted by atomic mass is 9.84. The second kappa shape index (κ2) is 4.84. The van der Waals surface area contributed by atoms with Crippen molar-refractivity contribution in [3.05, 3.63) is 29.5 Å². The minimum absolute atomic E-state index is 0.0520. The SMILES string of the molecule is Cc1ccc2c(C(=O)N[C@@H]3CN4CCC3CC4)n[nH]c2c1. The molecule has 1 aromatic carbocycles. The van der Waals surface area contributed by atoms with E-state index in [2.05, 4.69) is 20.4 Å². The predicted octanol–water partition coefficient (Wildman–Crippen LogP) is 1.70. The van der Waals surface area contributed by atoms with Crippen LogP contribution in [0.5, 0.6) is 0 Å². The molecule has 110 valence electrons. The molecule has 3 aliphatic heterocycles. The molecule has 1 aromatic heterocycles. The van der Waals surface area contributed by atoms with Crippen molar-refractivity contribution < 1.29 is 4.79 Å². The van der Waals surface area contributed by atoms with Crippen LogP contribution >= 0.6 is 0 Å². The lowest BCUT2D eigenvalue weighted by Crippen LogP contribution is -2.57. The summed E-state index contributed by atoms with van der Waals surface area (Å²) in [6.45, 7) is 5.38. The number of aromatic nitrogens is 2. The number of fused-ring (bicyclic) bond motifs is 4. The third-order valence-electron chi connectivity index (χ3n) is 4.91. The van der Waals surface area contributed by atoms with E-state index >= 15 is 0 Å². The van der Waals surface area contributed by atoms with Gasteiger partial charge in [-0.25, -0.2) is 0 Å². The molecule has 2 bridgehead atoms. The Morgan fingerprint density at radius 3 is 2.90 bits per heavy atom. The number of amides is 1. The van der Waals surface area contributed by atoms with E-state index in [9.17, 15) is 4.79 Å². The van der Waals surface area contributed by atoms with Crippen LogP contribution in [0.3, 0.4) is 0 Å². The summed E-state index contributed by atoms with van der Waals surface area (Å²) in [6.07, 6.45) is 2.40. The second-order valence-corrected chi connectivity index (χ2v) is 6.34. The zero-order valence-electron chi connectivity index (χ0n) is 12.2. The fourth-order valence-corrected chi connectivity index (χ4v) is 3.67. The highest BCUT2D eigenvalue weighted by molar-refractivity contribution is 6.04. The van der Waals surface area contributed by atoms with Crippen molar-refractivity contribution >= 4 is 16.8 Å². The van der Waals surface area contributed by atoms with Gasteiger partial charge >= 0.3 is 0 Å². The van der Waals surface area contributed by atoms with Crippen LogP contribution in [0.1, 0.15) is 28.9 Å². The van der Waals surface area contributed by atoms with E-state index in [4.69, 9.17) is 0 Å². The van der Waals surface area contributed by atoms with Crippen molar-refractivity contribution in [2.45, 2.75) is 25.8 Å². The first-order valence-corrected chi connectivity index (χ1v) is 7.68. The van der Waals surface area contributed by atoms with Crippen molar-refractivity contribution in [1.82, 2.24) is 20.4 Å². The molecule has 5 rings (SSSR count). The van der Waals surface area contributed by atoms with Gasteiger partial charge in [0.2, 0.25) is 0 Å². The number of rotatable bonds is 2. The average molecular weight is 284 g/mol. The first-order chi connectivity index (χ1) is 10.2. The molecule has 0 aliphatic carbocycles. The maximum atomic E-state index is 12.5. The topological polar surface area (TPSA) is 61.0 Å². The number of carbonyl (C=O) groups excluding carboxylic acids is 1. The zero-order chi connectivity index (χ0) is 14.4. The minimum Gasteiger partial charge on any atom is -0.346 e. The fourth-order valence-electron chi connectivity index (χ4n) is 3.67. The van der Waals surface area contributed by atoms with Crippen LogP contribution in [0.25, 0.3) is 10.9 Å². The third-order valence-corrected chi connectivity index (χ3v) is 4.91. The highest BCUT2D eigenvalue weighted by Gasteiger charge is 2.35. The maximum Gasteiger partial charge on any atom is 0.272 e. The molecular formula is C16H20N4O. The van der Waals surface area contributed by atoms with Crippen LogP contribution in [-0.4, -0.2) is 46.7 Å². The van der Waals surface area contributed by atoms with Gasteiger partial charge in [0.1, 0.15) is 0 Å².